The molecule has 0 unspecified atom stereocenters. The summed E-state index contributed by atoms with van der Waals surface area (Å²) >= 11 is 5.64. The minimum Gasteiger partial charge on any atom is -0.326 e. The lowest BCUT2D eigenvalue weighted by Gasteiger charge is -2.18. The monoisotopic (exact) mass is 354 g/mol. The quantitative estimate of drug-likeness (QED) is 0.889. The van der Waals surface area contributed by atoms with E-state index in [1.165, 1.54) is 30.3 Å². The summed E-state index contributed by atoms with van der Waals surface area (Å²) in [6.45, 7) is 0. The molecule has 2 aromatic carbocycles. The number of hydrogen-bond donors (Lipinski definition) is 2. The van der Waals surface area contributed by atoms with Crippen molar-refractivity contribution in [3.8, 4) is 0 Å². The Kier molecular flexibility index (Phi) is 3.99. The van der Waals surface area contributed by atoms with Gasteiger partial charge in [0.2, 0.25) is 5.91 Å². The van der Waals surface area contributed by atoms with Crippen molar-refractivity contribution < 1.29 is 17.6 Å². The molecule has 0 saturated heterocycles. The van der Waals surface area contributed by atoms with Crippen molar-refractivity contribution in [3.05, 3.63) is 52.8 Å². The van der Waals surface area contributed by atoms with Crippen LogP contribution in [0.4, 0.5) is 15.8 Å². The van der Waals surface area contributed by atoms with Crippen molar-refractivity contribution in [3.63, 3.8) is 0 Å². The van der Waals surface area contributed by atoms with Gasteiger partial charge in [0.05, 0.1) is 10.6 Å². The van der Waals surface area contributed by atoms with E-state index >= 15 is 0 Å². The highest BCUT2D eigenvalue weighted by molar-refractivity contribution is 7.92. The number of anilines is 2. The minimum atomic E-state index is -3.94. The molecule has 0 aromatic heterocycles. The average Bonchev–Trinajstić information content (AvgIpc) is 2.49. The van der Waals surface area contributed by atoms with Gasteiger partial charge >= 0.3 is 0 Å². The fourth-order valence-electron chi connectivity index (χ4n) is 2.30. The minimum absolute atomic E-state index is 0.00162. The molecule has 3 rings (SSSR count). The predicted molar refractivity (Wildman–Crippen MR) is 85.6 cm³/mol. The van der Waals surface area contributed by atoms with Gasteiger partial charge in [-0.15, -0.1) is 0 Å². The molecule has 0 saturated carbocycles. The number of hydrogen-bond acceptors (Lipinski definition) is 3. The van der Waals surface area contributed by atoms with Gasteiger partial charge in [-0.25, -0.2) is 12.8 Å². The summed E-state index contributed by atoms with van der Waals surface area (Å²) in [5.41, 5.74) is 1.14. The summed E-state index contributed by atoms with van der Waals surface area (Å²) in [4.78, 5) is 11.3. The van der Waals surface area contributed by atoms with Gasteiger partial charge in [0.15, 0.2) is 0 Å². The van der Waals surface area contributed by atoms with Crippen LogP contribution in [-0.2, 0) is 21.2 Å². The number of nitrogens with one attached hydrogen (secondary N) is 2. The first-order valence-corrected chi connectivity index (χ1v) is 8.62. The van der Waals surface area contributed by atoms with Crippen molar-refractivity contribution >= 4 is 38.9 Å². The molecule has 1 heterocycles. The molecular weight excluding hydrogens is 343 g/mol. The lowest BCUT2D eigenvalue weighted by atomic mass is 10.0. The molecule has 5 nitrogen and oxygen atoms in total. The highest BCUT2D eigenvalue weighted by Gasteiger charge is 2.21. The Morgan fingerprint density at radius 3 is 2.65 bits per heavy atom. The van der Waals surface area contributed by atoms with Crippen LogP contribution in [0.5, 0.6) is 0 Å². The standard InChI is InChI=1S/C15H12ClFN2O3S/c16-10-2-4-14(12(17)8-10)19-23(21,22)11-3-5-13-9(7-11)1-6-15(20)18-13/h2-5,7-8,19H,1,6H2,(H,18,20). The highest BCUT2D eigenvalue weighted by atomic mass is 35.5. The van der Waals surface area contributed by atoms with Crippen LogP contribution in [0, 0.1) is 5.82 Å². The number of sulfonamides is 1. The van der Waals surface area contributed by atoms with Crippen LogP contribution < -0.4 is 10.0 Å². The molecule has 1 amide bonds. The Labute approximate surface area is 137 Å². The zero-order chi connectivity index (χ0) is 16.6. The molecule has 120 valence electrons. The largest absolute Gasteiger partial charge is 0.326 e. The topological polar surface area (TPSA) is 75.3 Å². The SMILES string of the molecule is O=C1CCc2cc(S(=O)(=O)Nc3ccc(Cl)cc3F)ccc2N1. The first-order valence-electron chi connectivity index (χ1n) is 6.76. The second-order valence-corrected chi connectivity index (χ2v) is 7.22. The molecule has 0 atom stereocenters. The molecule has 0 bridgehead atoms. The summed E-state index contributed by atoms with van der Waals surface area (Å²) in [7, 11) is -3.94. The van der Waals surface area contributed by atoms with Gasteiger partial charge in [0, 0.05) is 17.1 Å². The van der Waals surface area contributed by atoms with E-state index < -0.39 is 15.8 Å². The Morgan fingerprint density at radius 2 is 1.91 bits per heavy atom. The number of carbonyl (C=O) groups excluding carboxylic acids is 1. The van der Waals surface area contributed by atoms with Gasteiger partial charge < -0.3 is 5.32 Å². The second-order valence-electron chi connectivity index (χ2n) is 5.10. The zero-order valence-corrected chi connectivity index (χ0v) is 13.3. The highest BCUT2D eigenvalue weighted by Crippen LogP contribution is 2.27. The number of amides is 1. The predicted octanol–water partition coefficient (Wildman–Crippen LogP) is 3.16. The third-order valence-corrected chi connectivity index (χ3v) is 5.06. The molecule has 0 radical (unpaired) electrons. The second kappa shape index (κ2) is 5.82. The summed E-state index contributed by atoms with van der Waals surface area (Å²) in [6.07, 6.45) is 0.759. The van der Waals surface area contributed by atoms with Crippen LogP contribution in [0.2, 0.25) is 5.02 Å². The van der Waals surface area contributed by atoms with Crippen molar-refractivity contribution in [1.82, 2.24) is 0 Å². The molecule has 0 spiro atoms. The Bertz CT molecular complexity index is 900. The third kappa shape index (κ3) is 3.30. The van der Waals surface area contributed by atoms with E-state index in [0.717, 1.165) is 11.6 Å². The molecule has 2 aromatic rings. The molecule has 23 heavy (non-hydrogen) atoms. The van der Waals surface area contributed by atoms with Gasteiger partial charge in [-0.3, -0.25) is 9.52 Å². The van der Waals surface area contributed by atoms with Gasteiger partial charge in [0.25, 0.3) is 10.0 Å². The maximum absolute atomic E-state index is 13.8. The van der Waals surface area contributed by atoms with E-state index in [0.29, 0.717) is 18.5 Å². The normalized spacial score (nSPS) is 14.1. The van der Waals surface area contributed by atoms with Crippen LogP contribution in [-0.4, -0.2) is 14.3 Å². The van der Waals surface area contributed by atoms with Gasteiger partial charge in [-0.2, -0.15) is 0 Å². The van der Waals surface area contributed by atoms with Crippen LogP contribution in [0.25, 0.3) is 0 Å². The molecule has 0 aliphatic carbocycles. The lowest BCUT2D eigenvalue weighted by molar-refractivity contribution is -0.116. The number of aryl methyl sites for hydroxylation is 1. The lowest BCUT2D eigenvalue weighted by Crippen LogP contribution is -2.20. The van der Waals surface area contributed by atoms with E-state index in [1.54, 1.807) is 0 Å². The number of benzene rings is 2. The number of carbonyl (C=O) groups is 1. The molecule has 0 fully saturated rings. The van der Waals surface area contributed by atoms with Crippen LogP contribution in [0.3, 0.4) is 0 Å². The number of halogens is 2. The van der Waals surface area contributed by atoms with Crippen molar-refractivity contribution in [2.75, 3.05) is 10.0 Å². The summed E-state index contributed by atoms with van der Waals surface area (Å²) in [5.74, 6) is -0.860. The van der Waals surface area contributed by atoms with E-state index in [2.05, 4.69) is 10.0 Å². The average molecular weight is 355 g/mol. The van der Waals surface area contributed by atoms with E-state index in [1.807, 2.05) is 0 Å². The van der Waals surface area contributed by atoms with Crippen LogP contribution in [0.1, 0.15) is 12.0 Å². The fraction of sp³-hybridized carbons (Fsp3) is 0.133. The van der Waals surface area contributed by atoms with Gasteiger partial charge in [-0.1, -0.05) is 11.6 Å². The first kappa shape index (κ1) is 15.8. The summed E-state index contributed by atoms with van der Waals surface area (Å²) in [5, 5.41) is 2.85. The zero-order valence-electron chi connectivity index (χ0n) is 11.8. The van der Waals surface area contributed by atoms with Crippen molar-refractivity contribution in [2.45, 2.75) is 17.7 Å². The van der Waals surface area contributed by atoms with Crippen molar-refractivity contribution in [1.29, 1.82) is 0 Å². The number of rotatable bonds is 3. The Balaban J connectivity index is 1.92. The van der Waals surface area contributed by atoms with Crippen LogP contribution >= 0.6 is 11.6 Å². The maximum Gasteiger partial charge on any atom is 0.261 e. The van der Waals surface area contributed by atoms with Crippen LogP contribution in [0.15, 0.2) is 41.3 Å². The third-order valence-electron chi connectivity index (χ3n) is 3.46. The smallest absolute Gasteiger partial charge is 0.261 e. The molecule has 1 aliphatic rings. The maximum atomic E-state index is 13.8. The molecule has 8 heteroatoms. The van der Waals surface area contributed by atoms with Gasteiger partial charge in [-0.05, 0) is 48.4 Å². The summed E-state index contributed by atoms with van der Waals surface area (Å²) < 4.78 is 40.7. The Hall–Kier alpha value is -2.12. The number of fused-ring (bicyclic) bond motifs is 1. The van der Waals surface area contributed by atoms with E-state index in [-0.39, 0.29) is 21.5 Å². The summed E-state index contributed by atoms with van der Waals surface area (Å²) in [6, 6.07) is 8.05. The fourth-order valence-corrected chi connectivity index (χ4v) is 3.58. The van der Waals surface area contributed by atoms with Gasteiger partial charge in [0.1, 0.15) is 5.82 Å². The molecule has 1 aliphatic heterocycles. The Morgan fingerprint density at radius 1 is 1.13 bits per heavy atom. The molecular formula is C15H12ClFN2O3S. The van der Waals surface area contributed by atoms with Crippen molar-refractivity contribution in [2.24, 2.45) is 0 Å². The van der Waals surface area contributed by atoms with E-state index in [9.17, 15) is 17.6 Å². The van der Waals surface area contributed by atoms with E-state index in [4.69, 9.17) is 11.6 Å². The first-order chi connectivity index (χ1) is 10.8. The molecule has 2 N–H and O–H groups in total.